The molecular formula is C29H34N4O3. The molecule has 1 aliphatic carbocycles. The van der Waals surface area contributed by atoms with E-state index in [0.717, 1.165) is 48.5 Å². The molecule has 0 atom stereocenters. The van der Waals surface area contributed by atoms with Crippen LogP contribution in [0.3, 0.4) is 0 Å². The van der Waals surface area contributed by atoms with Crippen molar-refractivity contribution in [2.45, 2.75) is 51.7 Å². The van der Waals surface area contributed by atoms with Gasteiger partial charge in [-0.05, 0) is 86.2 Å². The van der Waals surface area contributed by atoms with E-state index in [1.54, 1.807) is 6.26 Å². The predicted octanol–water partition coefficient (Wildman–Crippen LogP) is 4.72. The number of anilines is 2. The number of carbonyl (C=O) groups is 2. The van der Waals surface area contributed by atoms with Crippen LogP contribution in [-0.2, 0) is 17.9 Å². The molecule has 1 saturated heterocycles. The molecule has 2 N–H and O–H groups in total. The second kappa shape index (κ2) is 11.0. The van der Waals surface area contributed by atoms with Crippen LogP contribution in [-0.4, -0.2) is 42.4 Å². The van der Waals surface area contributed by atoms with Crippen LogP contribution in [0.25, 0.3) is 0 Å². The van der Waals surface area contributed by atoms with E-state index >= 15 is 0 Å². The van der Waals surface area contributed by atoms with Gasteiger partial charge in [-0.2, -0.15) is 0 Å². The molecule has 7 nitrogen and oxygen atoms in total. The summed E-state index contributed by atoms with van der Waals surface area (Å²) in [6, 6.07) is 18.0. The van der Waals surface area contributed by atoms with Crippen LogP contribution >= 0.6 is 0 Å². The Kier molecular flexibility index (Phi) is 7.37. The summed E-state index contributed by atoms with van der Waals surface area (Å²) in [6.45, 7) is 5.52. The van der Waals surface area contributed by atoms with Crippen molar-refractivity contribution in [3.8, 4) is 0 Å². The number of benzene rings is 2. The van der Waals surface area contributed by atoms with Gasteiger partial charge < -0.3 is 20.0 Å². The average Bonchev–Trinajstić information content (AvgIpc) is 3.29. The largest absolute Gasteiger partial charge is 0.468 e. The van der Waals surface area contributed by atoms with Gasteiger partial charge in [0.15, 0.2) is 0 Å². The molecule has 2 aromatic carbocycles. The summed E-state index contributed by atoms with van der Waals surface area (Å²) in [6.07, 6.45) is 6.25. The molecule has 2 heterocycles. The quantitative estimate of drug-likeness (QED) is 0.434. The second-order valence-corrected chi connectivity index (χ2v) is 9.91. The summed E-state index contributed by atoms with van der Waals surface area (Å²) in [5.74, 6) is 0.704. The molecule has 7 heteroatoms. The Balaban J connectivity index is 1.22. The van der Waals surface area contributed by atoms with Crippen molar-refractivity contribution < 1.29 is 14.0 Å². The van der Waals surface area contributed by atoms with Gasteiger partial charge in [-0.1, -0.05) is 12.1 Å². The number of hydrogen-bond donors (Lipinski definition) is 2. The number of nitrogens with one attached hydrogen (secondary N) is 2. The summed E-state index contributed by atoms with van der Waals surface area (Å²) in [5.41, 5.74) is 4.81. The number of carbonyl (C=O) groups excluding carboxylic acids is 2. The van der Waals surface area contributed by atoms with Gasteiger partial charge in [0.25, 0.3) is 5.91 Å². The van der Waals surface area contributed by atoms with Crippen molar-refractivity contribution in [2.24, 2.45) is 0 Å². The third kappa shape index (κ3) is 6.34. The number of aryl methyl sites for hydroxylation is 1. The maximum absolute atomic E-state index is 13.0. The molecule has 2 amide bonds. The number of rotatable bonds is 10. The summed E-state index contributed by atoms with van der Waals surface area (Å²) in [7, 11) is 0. The lowest BCUT2D eigenvalue weighted by Gasteiger charge is -2.22. The first-order valence-corrected chi connectivity index (χ1v) is 12.8. The number of furan rings is 1. The van der Waals surface area contributed by atoms with E-state index in [0.29, 0.717) is 24.7 Å². The summed E-state index contributed by atoms with van der Waals surface area (Å²) < 4.78 is 5.55. The van der Waals surface area contributed by atoms with Crippen molar-refractivity contribution in [3.63, 3.8) is 0 Å². The van der Waals surface area contributed by atoms with Gasteiger partial charge in [0.2, 0.25) is 5.91 Å². The van der Waals surface area contributed by atoms with Crippen LogP contribution < -0.4 is 15.5 Å². The maximum Gasteiger partial charge on any atom is 0.251 e. The van der Waals surface area contributed by atoms with Crippen LogP contribution in [0.15, 0.2) is 65.3 Å². The molecule has 2 fully saturated rings. The van der Waals surface area contributed by atoms with Crippen molar-refractivity contribution in [1.29, 1.82) is 0 Å². The fourth-order valence-corrected chi connectivity index (χ4v) is 4.66. The van der Waals surface area contributed by atoms with Gasteiger partial charge in [-0.3, -0.25) is 14.5 Å². The number of amides is 2. The molecule has 5 rings (SSSR count). The first-order chi connectivity index (χ1) is 17.5. The standard InChI is InChI=1S/C29H34N4O3/c1-21-17-25(33-14-2-3-15-33)12-13-27(21)31-28(34)20-32(19-26-5-4-16-36-26)18-22-6-8-23(9-7-22)29(35)30-24-10-11-24/h4-9,12-13,16-17,24H,2-3,10-11,14-15,18-20H2,1H3,(H,30,35)(H,31,34). The van der Waals surface area contributed by atoms with E-state index in [2.05, 4.69) is 27.7 Å². The third-order valence-electron chi connectivity index (χ3n) is 6.82. The lowest BCUT2D eigenvalue weighted by atomic mass is 10.1. The Morgan fingerprint density at radius 2 is 1.81 bits per heavy atom. The van der Waals surface area contributed by atoms with Crippen molar-refractivity contribution in [3.05, 3.63) is 83.3 Å². The molecule has 2 aliphatic rings. The highest BCUT2D eigenvalue weighted by Crippen LogP contribution is 2.26. The summed E-state index contributed by atoms with van der Waals surface area (Å²) >= 11 is 0. The average molecular weight is 487 g/mol. The molecule has 0 bridgehead atoms. The van der Waals surface area contributed by atoms with Crippen LogP contribution in [0, 0.1) is 6.92 Å². The van der Waals surface area contributed by atoms with Gasteiger partial charge in [0, 0.05) is 42.6 Å². The fraction of sp³-hybridized carbons (Fsp3) is 0.379. The molecule has 1 aromatic heterocycles. The van der Waals surface area contributed by atoms with Gasteiger partial charge in [0.1, 0.15) is 5.76 Å². The van der Waals surface area contributed by atoms with E-state index in [4.69, 9.17) is 4.42 Å². The SMILES string of the molecule is Cc1cc(N2CCCC2)ccc1NC(=O)CN(Cc1ccc(C(=O)NC2CC2)cc1)Cc1ccco1. The Morgan fingerprint density at radius 3 is 2.47 bits per heavy atom. The maximum atomic E-state index is 13.0. The highest BCUT2D eigenvalue weighted by Gasteiger charge is 2.24. The van der Waals surface area contributed by atoms with Crippen LogP contribution in [0.2, 0.25) is 0 Å². The minimum Gasteiger partial charge on any atom is -0.468 e. The van der Waals surface area contributed by atoms with E-state index in [1.807, 2.05) is 54.3 Å². The molecule has 188 valence electrons. The highest BCUT2D eigenvalue weighted by molar-refractivity contribution is 5.94. The summed E-state index contributed by atoms with van der Waals surface area (Å²) in [5, 5.41) is 6.11. The molecular weight excluding hydrogens is 452 g/mol. The van der Waals surface area contributed by atoms with Crippen molar-refractivity contribution >= 4 is 23.2 Å². The van der Waals surface area contributed by atoms with Crippen LogP contribution in [0.4, 0.5) is 11.4 Å². The Bertz CT molecular complexity index is 1180. The zero-order valence-corrected chi connectivity index (χ0v) is 20.8. The Hall–Kier alpha value is -3.58. The molecule has 3 aromatic rings. The number of hydrogen-bond acceptors (Lipinski definition) is 5. The van der Waals surface area contributed by atoms with Gasteiger partial charge >= 0.3 is 0 Å². The van der Waals surface area contributed by atoms with Crippen molar-refractivity contribution in [1.82, 2.24) is 10.2 Å². The Morgan fingerprint density at radius 1 is 1.03 bits per heavy atom. The predicted molar refractivity (Wildman–Crippen MR) is 141 cm³/mol. The smallest absolute Gasteiger partial charge is 0.251 e. The minimum absolute atomic E-state index is 0.0259. The molecule has 1 saturated carbocycles. The molecule has 0 radical (unpaired) electrons. The Labute approximate surface area is 212 Å². The lowest BCUT2D eigenvalue weighted by molar-refractivity contribution is -0.117. The van der Waals surface area contributed by atoms with E-state index in [9.17, 15) is 9.59 Å². The number of nitrogens with zero attached hydrogens (tertiary/aromatic N) is 2. The third-order valence-corrected chi connectivity index (χ3v) is 6.82. The zero-order valence-electron chi connectivity index (χ0n) is 20.8. The second-order valence-electron chi connectivity index (χ2n) is 9.91. The van der Waals surface area contributed by atoms with Crippen LogP contribution in [0.1, 0.15) is 52.9 Å². The minimum atomic E-state index is -0.0704. The van der Waals surface area contributed by atoms with Crippen LogP contribution in [0.5, 0.6) is 0 Å². The molecule has 0 unspecified atom stereocenters. The summed E-state index contributed by atoms with van der Waals surface area (Å²) in [4.78, 5) is 29.8. The normalized spacial score (nSPS) is 15.3. The van der Waals surface area contributed by atoms with E-state index < -0.39 is 0 Å². The van der Waals surface area contributed by atoms with Crippen molar-refractivity contribution in [2.75, 3.05) is 29.9 Å². The zero-order chi connectivity index (χ0) is 24.9. The van der Waals surface area contributed by atoms with Gasteiger partial charge in [0.05, 0.1) is 19.4 Å². The molecule has 0 spiro atoms. The highest BCUT2D eigenvalue weighted by atomic mass is 16.3. The van der Waals surface area contributed by atoms with E-state index in [1.165, 1.54) is 18.5 Å². The monoisotopic (exact) mass is 486 g/mol. The molecule has 36 heavy (non-hydrogen) atoms. The van der Waals surface area contributed by atoms with E-state index in [-0.39, 0.29) is 18.4 Å². The first kappa shape index (κ1) is 24.1. The topological polar surface area (TPSA) is 77.8 Å². The fourth-order valence-electron chi connectivity index (χ4n) is 4.66. The molecule has 1 aliphatic heterocycles. The van der Waals surface area contributed by atoms with Gasteiger partial charge in [-0.15, -0.1) is 0 Å². The van der Waals surface area contributed by atoms with Gasteiger partial charge in [-0.25, -0.2) is 0 Å². The first-order valence-electron chi connectivity index (χ1n) is 12.8. The lowest BCUT2D eigenvalue weighted by Crippen LogP contribution is -2.32.